The molecule has 0 spiro atoms. The number of esters is 1. The van der Waals surface area contributed by atoms with Crippen molar-refractivity contribution in [1.29, 1.82) is 0 Å². The Balaban J connectivity index is 2.28. The van der Waals surface area contributed by atoms with Crippen LogP contribution in [0.3, 0.4) is 0 Å². The molecule has 0 aliphatic heterocycles. The number of carbonyl (C=O) groups excluding carboxylic acids is 1. The fraction of sp³-hybridized carbons (Fsp3) is 0.889. The van der Waals surface area contributed by atoms with Crippen LogP contribution in [0.25, 0.3) is 0 Å². The van der Waals surface area contributed by atoms with Crippen molar-refractivity contribution in [3.63, 3.8) is 0 Å². The summed E-state index contributed by atoms with van der Waals surface area (Å²) in [6, 6.07) is 0.135. The quantitative estimate of drug-likeness (QED) is 0.688. The smallest absolute Gasteiger partial charge is 0.378 e. The van der Waals surface area contributed by atoms with Crippen molar-refractivity contribution in [2.24, 2.45) is 5.92 Å². The minimum atomic E-state index is -3.40. The lowest BCUT2D eigenvalue weighted by atomic mass is 10.3. The van der Waals surface area contributed by atoms with Crippen LogP contribution in [-0.2, 0) is 9.53 Å². The Bertz CT molecular complexity index is 221. The van der Waals surface area contributed by atoms with Gasteiger partial charge in [-0.3, -0.25) is 0 Å². The molecular weight excluding hydrogens is 192 g/mol. The van der Waals surface area contributed by atoms with Crippen LogP contribution in [0.1, 0.15) is 20.3 Å². The Morgan fingerprint density at radius 1 is 1.64 bits per heavy atom. The Labute approximate surface area is 81.8 Å². The van der Waals surface area contributed by atoms with Crippen molar-refractivity contribution in [2.75, 3.05) is 13.2 Å². The standard InChI is InChI=1S/C9H15F2NO2/c1-3-14-8(13)9(10,11)5-12-7-4-6(7)2/h6-7,12H,3-5H2,1-2H3. The van der Waals surface area contributed by atoms with E-state index in [2.05, 4.69) is 10.1 Å². The van der Waals surface area contributed by atoms with E-state index in [1.807, 2.05) is 6.92 Å². The first kappa shape index (κ1) is 11.4. The highest BCUT2D eigenvalue weighted by molar-refractivity contribution is 5.77. The molecule has 0 aromatic carbocycles. The van der Waals surface area contributed by atoms with Crippen molar-refractivity contribution in [3.05, 3.63) is 0 Å². The van der Waals surface area contributed by atoms with Gasteiger partial charge in [-0.2, -0.15) is 8.78 Å². The van der Waals surface area contributed by atoms with Gasteiger partial charge in [-0.15, -0.1) is 0 Å². The lowest BCUT2D eigenvalue weighted by Gasteiger charge is -2.14. The summed E-state index contributed by atoms with van der Waals surface area (Å²) in [5.41, 5.74) is 0. The molecule has 2 atom stereocenters. The maximum Gasteiger partial charge on any atom is 0.378 e. The van der Waals surface area contributed by atoms with E-state index in [1.54, 1.807) is 0 Å². The molecular formula is C9H15F2NO2. The number of halogens is 2. The van der Waals surface area contributed by atoms with Gasteiger partial charge in [-0.25, -0.2) is 4.79 Å². The normalized spacial score (nSPS) is 26.0. The SMILES string of the molecule is CCOC(=O)C(F)(F)CNC1CC1C. The summed E-state index contributed by atoms with van der Waals surface area (Å²) in [6.45, 7) is 2.83. The van der Waals surface area contributed by atoms with E-state index in [0.717, 1.165) is 6.42 Å². The van der Waals surface area contributed by atoms with Crippen LogP contribution >= 0.6 is 0 Å². The van der Waals surface area contributed by atoms with E-state index in [1.165, 1.54) is 6.92 Å². The summed E-state index contributed by atoms with van der Waals surface area (Å²) in [6.07, 6.45) is 0.902. The number of nitrogens with one attached hydrogen (secondary N) is 1. The highest BCUT2D eigenvalue weighted by atomic mass is 19.3. The summed E-state index contributed by atoms with van der Waals surface area (Å²) in [5.74, 6) is -4.41. The minimum Gasteiger partial charge on any atom is -0.462 e. The highest BCUT2D eigenvalue weighted by Crippen LogP contribution is 2.29. The van der Waals surface area contributed by atoms with Crippen LogP contribution in [0.15, 0.2) is 0 Å². The molecule has 1 N–H and O–H groups in total. The molecule has 14 heavy (non-hydrogen) atoms. The molecule has 0 amide bonds. The van der Waals surface area contributed by atoms with Gasteiger partial charge in [0.15, 0.2) is 0 Å². The second kappa shape index (κ2) is 4.21. The first-order valence-electron chi connectivity index (χ1n) is 4.75. The average Bonchev–Trinajstić information content (AvgIpc) is 2.79. The Morgan fingerprint density at radius 3 is 2.64 bits per heavy atom. The van der Waals surface area contributed by atoms with Gasteiger partial charge in [-0.05, 0) is 19.3 Å². The number of ether oxygens (including phenoxy) is 1. The number of hydrogen-bond donors (Lipinski definition) is 1. The van der Waals surface area contributed by atoms with Crippen molar-refractivity contribution in [2.45, 2.75) is 32.2 Å². The summed E-state index contributed by atoms with van der Waals surface area (Å²) in [5, 5.41) is 2.64. The molecule has 0 saturated heterocycles. The van der Waals surface area contributed by atoms with Crippen molar-refractivity contribution in [3.8, 4) is 0 Å². The van der Waals surface area contributed by atoms with E-state index in [9.17, 15) is 13.6 Å². The maximum atomic E-state index is 13.0. The Morgan fingerprint density at radius 2 is 2.21 bits per heavy atom. The lowest BCUT2D eigenvalue weighted by molar-refractivity contribution is -0.170. The molecule has 1 saturated carbocycles. The van der Waals surface area contributed by atoms with E-state index in [-0.39, 0.29) is 12.6 Å². The van der Waals surface area contributed by atoms with Crippen LogP contribution in [0.2, 0.25) is 0 Å². The Kier molecular flexibility index (Phi) is 3.42. The zero-order valence-electron chi connectivity index (χ0n) is 8.35. The van der Waals surface area contributed by atoms with Crippen LogP contribution in [0.4, 0.5) is 8.78 Å². The number of alkyl halides is 2. The molecule has 82 valence electrons. The van der Waals surface area contributed by atoms with E-state index < -0.39 is 18.4 Å². The van der Waals surface area contributed by atoms with E-state index in [4.69, 9.17) is 0 Å². The molecule has 5 heteroatoms. The third-order valence-corrected chi connectivity index (χ3v) is 2.27. The third kappa shape index (κ3) is 2.90. The summed E-state index contributed by atoms with van der Waals surface area (Å²) < 4.78 is 30.2. The van der Waals surface area contributed by atoms with Crippen LogP contribution in [-0.4, -0.2) is 31.1 Å². The average molecular weight is 207 g/mol. The first-order chi connectivity index (χ1) is 6.47. The van der Waals surface area contributed by atoms with Gasteiger partial charge < -0.3 is 10.1 Å². The number of carbonyl (C=O) groups is 1. The van der Waals surface area contributed by atoms with Gasteiger partial charge in [0.1, 0.15) is 0 Å². The topological polar surface area (TPSA) is 38.3 Å². The molecule has 0 bridgehead atoms. The molecule has 0 aromatic heterocycles. The Hall–Kier alpha value is -0.710. The summed E-state index contributed by atoms with van der Waals surface area (Å²) >= 11 is 0. The first-order valence-corrected chi connectivity index (χ1v) is 4.75. The van der Waals surface area contributed by atoms with Gasteiger partial charge in [0.05, 0.1) is 13.2 Å². The zero-order valence-corrected chi connectivity index (χ0v) is 8.35. The molecule has 1 fully saturated rings. The van der Waals surface area contributed by atoms with Crippen LogP contribution < -0.4 is 5.32 Å². The van der Waals surface area contributed by atoms with E-state index >= 15 is 0 Å². The molecule has 0 radical (unpaired) electrons. The van der Waals surface area contributed by atoms with Gasteiger partial charge in [0.25, 0.3) is 0 Å². The fourth-order valence-corrected chi connectivity index (χ4v) is 1.17. The fourth-order valence-electron chi connectivity index (χ4n) is 1.17. The van der Waals surface area contributed by atoms with Crippen molar-refractivity contribution in [1.82, 2.24) is 5.32 Å². The predicted molar refractivity (Wildman–Crippen MR) is 47.2 cm³/mol. The molecule has 2 unspecified atom stereocenters. The molecule has 1 aliphatic rings. The van der Waals surface area contributed by atoms with Crippen molar-refractivity contribution >= 4 is 5.97 Å². The van der Waals surface area contributed by atoms with Crippen LogP contribution in [0, 0.1) is 5.92 Å². The molecule has 3 nitrogen and oxygen atoms in total. The minimum absolute atomic E-state index is 0.0196. The summed E-state index contributed by atoms with van der Waals surface area (Å²) in [7, 11) is 0. The highest BCUT2D eigenvalue weighted by Gasteiger charge is 2.43. The third-order valence-electron chi connectivity index (χ3n) is 2.27. The van der Waals surface area contributed by atoms with E-state index in [0.29, 0.717) is 5.92 Å². The summed E-state index contributed by atoms with van der Waals surface area (Å²) in [4.78, 5) is 10.8. The molecule has 0 aromatic rings. The number of hydrogen-bond acceptors (Lipinski definition) is 3. The van der Waals surface area contributed by atoms with Crippen LogP contribution in [0.5, 0.6) is 0 Å². The largest absolute Gasteiger partial charge is 0.462 e. The zero-order chi connectivity index (χ0) is 10.8. The van der Waals surface area contributed by atoms with Gasteiger partial charge in [-0.1, -0.05) is 6.92 Å². The van der Waals surface area contributed by atoms with Gasteiger partial charge >= 0.3 is 11.9 Å². The second-order valence-corrected chi connectivity index (χ2v) is 3.63. The second-order valence-electron chi connectivity index (χ2n) is 3.63. The monoisotopic (exact) mass is 207 g/mol. The molecule has 0 heterocycles. The van der Waals surface area contributed by atoms with Gasteiger partial charge in [0.2, 0.25) is 0 Å². The van der Waals surface area contributed by atoms with Crippen molar-refractivity contribution < 1.29 is 18.3 Å². The maximum absolute atomic E-state index is 13.0. The lowest BCUT2D eigenvalue weighted by Crippen LogP contribution is -2.42. The van der Waals surface area contributed by atoms with Gasteiger partial charge in [0, 0.05) is 6.04 Å². The predicted octanol–water partition coefficient (Wildman–Crippen LogP) is 1.18. The molecule has 1 rings (SSSR count). The molecule has 1 aliphatic carbocycles. The number of rotatable bonds is 5.